The molecule has 2 bridgehead atoms. The van der Waals surface area contributed by atoms with E-state index in [-0.39, 0.29) is 0 Å². The molecule has 0 aromatic heterocycles. The summed E-state index contributed by atoms with van der Waals surface area (Å²) in [4.78, 5) is 14.5. The van der Waals surface area contributed by atoms with Crippen molar-refractivity contribution in [2.45, 2.75) is 46.0 Å². The molecule has 0 aromatic rings. The van der Waals surface area contributed by atoms with Gasteiger partial charge >= 0.3 is 0 Å². The second-order valence-electron chi connectivity index (χ2n) is 6.87. The smallest absolute Gasteiger partial charge is 0.222 e. The number of hydrogen-bond acceptors (Lipinski definition) is 2. The molecule has 2 aliphatic rings. The van der Waals surface area contributed by atoms with E-state index in [2.05, 4.69) is 13.8 Å². The van der Waals surface area contributed by atoms with E-state index < -0.39 is 0 Å². The van der Waals surface area contributed by atoms with E-state index in [1.165, 1.54) is 25.7 Å². The van der Waals surface area contributed by atoms with Crippen LogP contribution in [0.4, 0.5) is 0 Å². The monoisotopic (exact) mass is 267 g/mol. The molecule has 0 saturated heterocycles. The molecule has 2 fully saturated rings. The molecule has 3 nitrogen and oxygen atoms in total. The van der Waals surface area contributed by atoms with E-state index >= 15 is 0 Å². The highest BCUT2D eigenvalue weighted by Crippen LogP contribution is 2.49. The van der Waals surface area contributed by atoms with E-state index in [9.17, 15) is 4.79 Å². The number of carbonyl (C=O) groups excluding carboxylic acids is 1. The van der Waals surface area contributed by atoms with Gasteiger partial charge in [-0.3, -0.25) is 4.79 Å². The third-order valence-corrected chi connectivity index (χ3v) is 4.82. The first-order chi connectivity index (χ1) is 9.10. The minimum Gasteiger partial charge on any atom is -0.383 e. The normalized spacial score (nSPS) is 29.2. The van der Waals surface area contributed by atoms with Crippen LogP contribution in [0.25, 0.3) is 0 Å². The summed E-state index contributed by atoms with van der Waals surface area (Å²) < 4.78 is 5.13. The third kappa shape index (κ3) is 3.95. The molecular formula is C16H29NO2. The first-order valence-electron chi connectivity index (χ1n) is 7.86. The predicted molar refractivity (Wildman–Crippen MR) is 76.8 cm³/mol. The molecule has 0 heterocycles. The van der Waals surface area contributed by atoms with Gasteiger partial charge < -0.3 is 9.64 Å². The van der Waals surface area contributed by atoms with Crippen LogP contribution >= 0.6 is 0 Å². The van der Waals surface area contributed by atoms with Crippen molar-refractivity contribution in [2.24, 2.45) is 23.7 Å². The minimum atomic E-state index is 0.350. The van der Waals surface area contributed by atoms with Gasteiger partial charge in [-0.1, -0.05) is 20.3 Å². The lowest BCUT2D eigenvalue weighted by molar-refractivity contribution is -0.133. The van der Waals surface area contributed by atoms with Gasteiger partial charge in [-0.2, -0.15) is 0 Å². The molecule has 0 aliphatic heterocycles. The molecule has 2 rings (SSSR count). The Hall–Kier alpha value is -0.570. The fraction of sp³-hybridized carbons (Fsp3) is 0.938. The zero-order valence-electron chi connectivity index (χ0n) is 12.7. The Morgan fingerprint density at radius 1 is 1.32 bits per heavy atom. The SMILES string of the molecule is COCCN(CC(C)C)C(=O)CC1CC2CCC1C2. The lowest BCUT2D eigenvalue weighted by Gasteiger charge is -2.28. The van der Waals surface area contributed by atoms with Crippen molar-refractivity contribution >= 4 is 5.91 Å². The Labute approximate surface area is 117 Å². The first kappa shape index (κ1) is 14.8. The van der Waals surface area contributed by atoms with Gasteiger partial charge in [0.15, 0.2) is 0 Å². The van der Waals surface area contributed by atoms with Crippen molar-refractivity contribution in [3.63, 3.8) is 0 Å². The molecule has 2 saturated carbocycles. The zero-order valence-corrected chi connectivity index (χ0v) is 12.7. The molecule has 110 valence electrons. The maximum absolute atomic E-state index is 12.5. The molecule has 0 radical (unpaired) electrons. The summed E-state index contributed by atoms with van der Waals surface area (Å²) >= 11 is 0. The topological polar surface area (TPSA) is 29.5 Å². The van der Waals surface area contributed by atoms with Gasteiger partial charge in [0.05, 0.1) is 6.61 Å². The number of fused-ring (bicyclic) bond motifs is 2. The summed E-state index contributed by atoms with van der Waals surface area (Å²) in [5.41, 5.74) is 0. The molecule has 2 aliphatic carbocycles. The van der Waals surface area contributed by atoms with E-state index in [1.54, 1.807) is 7.11 Å². The van der Waals surface area contributed by atoms with Crippen LogP contribution < -0.4 is 0 Å². The number of nitrogens with zero attached hydrogens (tertiary/aromatic N) is 1. The Kier molecular flexibility index (Phi) is 5.26. The Morgan fingerprint density at radius 2 is 2.11 bits per heavy atom. The summed E-state index contributed by atoms with van der Waals surface area (Å²) in [7, 11) is 1.70. The predicted octanol–water partition coefficient (Wildman–Crippen LogP) is 2.94. The largest absolute Gasteiger partial charge is 0.383 e. The second kappa shape index (κ2) is 6.74. The maximum Gasteiger partial charge on any atom is 0.222 e. The third-order valence-electron chi connectivity index (χ3n) is 4.82. The van der Waals surface area contributed by atoms with E-state index in [0.717, 1.165) is 31.3 Å². The molecule has 3 atom stereocenters. The van der Waals surface area contributed by atoms with Gasteiger partial charge in [-0.15, -0.1) is 0 Å². The number of rotatable bonds is 7. The van der Waals surface area contributed by atoms with Crippen molar-refractivity contribution in [3.05, 3.63) is 0 Å². The van der Waals surface area contributed by atoms with Gasteiger partial charge in [0.2, 0.25) is 5.91 Å². The average molecular weight is 267 g/mol. The van der Waals surface area contributed by atoms with Crippen molar-refractivity contribution in [1.29, 1.82) is 0 Å². The summed E-state index contributed by atoms with van der Waals surface area (Å²) in [6, 6.07) is 0. The van der Waals surface area contributed by atoms with Crippen molar-refractivity contribution in [1.82, 2.24) is 4.90 Å². The van der Waals surface area contributed by atoms with Crippen molar-refractivity contribution in [3.8, 4) is 0 Å². The fourth-order valence-corrected chi connectivity index (χ4v) is 3.94. The summed E-state index contributed by atoms with van der Waals surface area (Å²) in [5.74, 6) is 3.32. The molecule has 3 unspecified atom stereocenters. The number of amides is 1. The van der Waals surface area contributed by atoms with E-state index in [1.807, 2.05) is 4.90 Å². The van der Waals surface area contributed by atoms with Gasteiger partial charge in [0.1, 0.15) is 0 Å². The Morgan fingerprint density at radius 3 is 2.63 bits per heavy atom. The molecule has 3 heteroatoms. The molecule has 0 spiro atoms. The summed E-state index contributed by atoms with van der Waals surface area (Å²) in [6.45, 7) is 6.60. The van der Waals surface area contributed by atoms with Crippen molar-refractivity contribution in [2.75, 3.05) is 26.8 Å². The van der Waals surface area contributed by atoms with Crippen LogP contribution in [0.3, 0.4) is 0 Å². The van der Waals surface area contributed by atoms with E-state index in [0.29, 0.717) is 24.3 Å². The Balaban J connectivity index is 1.84. The molecule has 0 N–H and O–H groups in total. The number of carbonyl (C=O) groups is 1. The highest BCUT2D eigenvalue weighted by atomic mass is 16.5. The number of methoxy groups -OCH3 is 1. The van der Waals surface area contributed by atoms with Gasteiger partial charge in [-0.25, -0.2) is 0 Å². The lowest BCUT2D eigenvalue weighted by atomic mass is 9.86. The number of ether oxygens (including phenoxy) is 1. The number of hydrogen-bond donors (Lipinski definition) is 0. The summed E-state index contributed by atoms with van der Waals surface area (Å²) in [5, 5.41) is 0. The first-order valence-corrected chi connectivity index (χ1v) is 7.86. The van der Waals surface area contributed by atoms with Crippen LogP contribution in [-0.2, 0) is 9.53 Å². The van der Waals surface area contributed by atoms with E-state index in [4.69, 9.17) is 4.74 Å². The van der Waals surface area contributed by atoms with Gasteiger partial charge in [0.25, 0.3) is 0 Å². The van der Waals surface area contributed by atoms with Crippen LogP contribution in [0.2, 0.25) is 0 Å². The quantitative estimate of drug-likeness (QED) is 0.710. The fourth-order valence-electron chi connectivity index (χ4n) is 3.94. The molecule has 0 aromatic carbocycles. The van der Waals surface area contributed by atoms with Crippen LogP contribution in [0, 0.1) is 23.7 Å². The highest BCUT2D eigenvalue weighted by molar-refractivity contribution is 5.76. The lowest BCUT2D eigenvalue weighted by Crippen LogP contribution is -2.38. The highest BCUT2D eigenvalue weighted by Gasteiger charge is 2.40. The second-order valence-corrected chi connectivity index (χ2v) is 6.87. The minimum absolute atomic E-state index is 0.350. The Bertz CT molecular complexity index is 303. The zero-order chi connectivity index (χ0) is 13.8. The average Bonchev–Trinajstić information content (AvgIpc) is 2.96. The molecule has 1 amide bonds. The van der Waals surface area contributed by atoms with Crippen LogP contribution in [0.1, 0.15) is 46.0 Å². The maximum atomic E-state index is 12.5. The van der Waals surface area contributed by atoms with Crippen LogP contribution in [0.15, 0.2) is 0 Å². The molecule has 19 heavy (non-hydrogen) atoms. The molecular weight excluding hydrogens is 238 g/mol. The van der Waals surface area contributed by atoms with Gasteiger partial charge in [0, 0.05) is 26.6 Å². The van der Waals surface area contributed by atoms with Crippen LogP contribution in [0.5, 0.6) is 0 Å². The van der Waals surface area contributed by atoms with Crippen LogP contribution in [-0.4, -0.2) is 37.6 Å². The summed E-state index contributed by atoms with van der Waals surface area (Å²) in [6.07, 6.45) is 6.24. The van der Waals surface area contributed by atoms with Crippen molar-refractivity contribution < 1.29 is 9.53 Å². The standard InChI is InChI=1S/C16H29NO2/c1-12(2)11-17(6-7-19-3)16(18)10-15-9-13-4-5-14(15)8-13/h12-15H,4-11H2,1-3H3. The van der Waals surface area contributed by atoms with Gasteiger partial charge in [-0.05, 0) is 42.9 Å².